The lowest BCUT2D eigenvalue weighted by atomic mass is 10.1. The Hall–Kier alpha value is -3.92. The lowest BCUT2D eigenvalue weighted by molar-refractivity contribution is -0.134. The number of amides is 2. The molecule has 180 valence electrons. The molecule has 0 saturated carbocycles. The van der Waals surface area contributed by atoms with Gasteiger partial charge in [0.15, 0.2) is 0 Å². The molecule has 2 amide bonds. The molecule has 10 heteroatoms. The van der Waals surface area contributed by atoms with Crippen molar-refractivity contribution in [1.29, 1.82) is 0 Å². The van der Waals surface area contributed by atoms with Gasteiger partial charge in [-0.15, -0.1) is 0 Å². The molecule has 0 unspecified atom stereocenters. The van der Waals surface area contributed by atoms with Crippen LogP contribution in [0.4, 0.5) is 20.6 Å². The zero-order valence-electron chi connectivity index (χ0n) is 18.5. The van der Waals surface area contributed by atoms with E-state index in [-0.39, 0.29) is 17.9 Å². The van der Waals surface area contributed by atoms with Crippen molar-refractivity contribution >= 4 is 29.3 Å². The summed E-state index contributed by atoms with van der Waals surface area (Å²) in [5.74, 6) is -2.74. The number of nitrogens with zero attached hydrogens (tertiary/aromatic N) is 3. The molecule has 1 saturated heterocycles. The van der Waals surface area contributed by atoms with Gasteiger partial charge in [-0.25, -0.2) is 18.8 Å². The zero-order chi connectivity index (χ0) is 24.7. The van der Waals surface area contributed by atoms with Gasteiger partial charge in [0.05, 0.1) is 11.4 Å². The molecule has 1 fully saturated rings. The van der Waals surface area contributed by atoms with Gasteiger partial charge in [-0.05, 0) is 36.2 Å². The Morgan fingerprint density at radius 2 is 1.56 bits per heavy atom. The second-order valence-corrected chi connectivity index (χ2v) is 7.98. The molecule has 34 heavy (non-hydrogen) atoms. The largest absolute Gasteiger partial charge is 0.478 e. The maximum atomic E-state index is 13.1. The molecule has 2 aliphatic heterocycles. The molecule has 2 heterocycles. The molecule has 2 aliphatic rings. The molecule has 2 aromatic rings. The summed E-state index contributed by atoms with van der Waals surface area (Å²) in [5.41, 5.74) is 8.96. The smallest absolute Gasteiger partial charge is 0.328 e. The number of carbonyl (C=O) groups excluding carboxylic acids is 1. The lowest BCUT2D eigenvalue weighted by Gasteiger charge is -2.39. The quantitative estimate of drug-likeness (QED) is 0.586. The third-order valence-corrected chi connectivity index (χ3v) is 5.49. The van der Waals surface area contributed by atoms with Gasteiger partial charge in [0.2, 0.25) is 0 Å². The average molecular weight is 471 g/mol. The minimum absolute atomic E-state index is 0.0341. The highest BCUT2D eigenvalue weighted by molar-refractivity contribution is 5.97. The van der Waals surface area contributed by atoms with Crippen LogP contribution in [0.15, 0.2) is 60.7 Å². The van der Waals surface area contributed by atoms with E-state index in [1.54, 1.807) is 12.1 Å². The Morgan fingerprint density at radius 3 is 2.12 bits per heavy atom. The van der Waals surface area contributed by atoms with Gasteiger partial charge in [0, 0.05) is 50.9 Å². The van der Waals surface area contributed by atoms with Gasteiger partial charge in [0.1, 0.15) is 5.82 Å². The number of carbonyl (C=O) groups is 3. The first-order valence-electron chi connectivity index (χ1n) is 10.8. The second kappa shape index (κ2) is 11.3. The van der Waals surface area contributed by atoms with Crippen LogP contribution >= 0.6 is 0 Å². The molecular weight excluding hydrogens is 443 g/mol. The summed E-state index contributed by atoms with van der Waals surface area (Å²) in [5, 5.41) is 15.6. The van der Waals surface area contributed by atoms with Gasteiger partial charge in [-0.1, -0.05) is 24.3 Å². The molecule has 0 radical (unpaired) electrons. The highest BCUT2D eigenvalue weighted by atomic mass is 19.1. The Morgan fingerprint density at radius 1 is 0.941 bits per heavy atom. The predicted octanol–water partition coefficient (Wildman–Crippen LogP) is 2.52. The molecule has 1 atom stereocenters. The van der Waals surface area contributed by atoms with Crippen molar-refractivity contribution in [2.45, 2.75) is 19.0 Å². The molecule has 4 rings (SSSR count). The number of hydrogen-bond donors (Lipinski definition) is 3. The summed E-state index contributed by atoms with van der Waals surface area (Å²) >= 11 is 0. The molecular formula is C24H27FN4O5. The van der Waals surface area contributed by atoms with Crippen LogP contribution in [-0.4, -0.2) is 65.3 Å². The Labute approximate surface area is 196 Å². The van der Waals surface area contributed by atoms with Crippen LogP contribution in [0.1, 0.15) is 12.0 Å². The lowest BCUT2D eigenvalue weighted by Crippen LogP contribution is -2.49. The fraction of sp³-hybridized carbons (Fsp3) is 0.292. The molecule has 0 aliphatic carbocycles. The van der Waals surface area contributed by atoms with Gasteiger partial charge in [0.25, 0.3) is 0 Å². The number of rotatable bonds is 4. The maximum Gasteiger partial charge on any atom is 0.328 e. The van der Waals surface area contributed by atoms with Gasteiger partial charge in [-0.2, -0.15) is 0 Å². The number of hydrogen-bond acceptors (Lipinski definition) is 5. The first-order valence-corrected chi connectivity index (χ1v) is 10.8. The number of carboxylic acids is 2. The fourth-order valence-corrected chi connectivity index (χ4v) is 3.87. The summed E-state index contributed by atoms with van der Waals surface area (Å²) in [6, 6.07) is 14.7. The van der Waals surface area contributed by atoms with Crippen molar-refractivity contribution in [2.75, 3.05) is 36.0 Å². The van der Waals surface area contributed by atoms with Crippen LogP contribution in [0.5, 0.6) is 0 Å². The normalized spacial score (nSPS) is 17.2. The molecule has 4 N–H and O–H groups in total. The molecule has 0 aromatic heterocycles. The summed E-state index contributed by atoms with van der Waals surface area (Å²) < 4.78 is 13.1. The molecule has 0 spiro atoms. The maximum absolute atomic E-state index is 13.1. The average Bonchev–Trinajstić information content (AvgIpc) is 3.26. The van der Waals surface area contributed by atoms with Crippen molar-refractivity contribution < 1.29 is 29.0 Å². The number of halogens is 1. The number of anilines is 2. The number of urea groups is 1. The van der Waals surface area contributed by atoms with Crippen LogP contribution in [0, 0.1) is 5.82 Å². The monoisotopic (exact) mass is 470 g/mol. The van der Waals surface area contributed by atoms with Gasteiger partial charge >= 0.3 is 18.0 Å². The van der Waals surface area contributed by atoms with Crippen molar-refractivity contribution in [3.63, 3.8) is 0 Å². The topological polar surface area (TPSA) is 127 Å². The minimum atomic E-state index is -1.26. The van der Waals surface area contributed by atoms with Crippen LogP contribution < -0.4 is 15.5 Å². The van der Waals surface area contributed by atoms with E-state index >= 15 is 0 Å². The Bertz CT molecular complexity index is 1040. The van der Waals surface area contributed by atoms with Crippen LogP contribution in [-0.2, 0) is 16.1 Å². The number of aliphatic carboxylic acids is 2. The first kappa shape index (κ1) is 24.7. The van der Waals surface area contributed by atoms with E-state index < -0.39 is 11.9 Å². The summed E-state index contributed by atoms with van der Waals surface area (Å²) in [7, 11) is 0. The van der Waals surface area contributed by atoms with E-state index in [2.05, 4.69) is 4.90 Å². The standard InChI is InChI=1S/C20H23FN4O.C4H4O4/c21-16-7-5-15(6-8-16)13-23-11-12-25(19-4-2-1-3-18(19)23)20(26)24-10-9-17(22)14-24;5-3(6)1-2-4(7)8/h1-8,17H,9-14,22H2;1-2H,(H,5,6)(H,7,8)/b;2-1+/t17-;/m0./s1. The number of nitrogens with two attached hydrogens (primary N) is 1. The summed E-state index contributed by atoms with van der Waals surface area (Å²) in [6.07, 6.45) is 1.97. The number of carboxylic acid groups (broad SMARTS) is 2. The molecule has 2 aromatic carbocycles. The van der Waals surface area contributed by atoms with Crippen molar-refractivity contribution in [3.8, 4) is 0 Å². The number of fused-ring (bicyclic) bond motifs is 1. The predicted molar refractivity (Wildman–Crippen MR) is 125 cm³/mol. The van der Waals surface area contributed by atoms with Crippen molar-refractivity contribution in [1.82, 2.24) is 4.90 Å². The van der Waals surface area contributed by atoms with E-state index in [1.165, 1.54) is 12.1 Å². The van der Waals surface area contributed by atoms with Crippen LogP contribution in [0.3, 0.4) is 0 Å². The van der Waals surface area contributed by atoms with E-state index in [4.69, 9.17) is 15.9 Å². The summed E-state index contributed by atoms with van der Waals surface area (Å²) in [4.78, 5) is 38.0. The van der Waals surface area contributed by atoms with E-state index in [1.807, 2.05) is 34.1 Å². The first-order chi connectivity index (χ1) is 16.2. The number of para-hydroxylation sites is 2. The third kappa shape index (κ3) is 6.55. The second-order valence-electron chi connectivity index (χ2n) is 7.98. The minimum Gasteiger partial charge on any atom is -0.478 e. The van der Waals surface area contributed by atoms with Gasteiger partial charge in [-0.3, -0.25) is 4.90 Å². The van der Waals surface area contributed by atoms with E-state index in [0.29, 0.717) is 31.8 Å². The number of likely N-dealkylation sites (tertiary alicyclic amines) is 1. The molecule has 9 nitrogen and oxygen atoms in total. The van der Waals surface area contributed by atoms with E-state index in [0.717, 1.165) is 36.4 Å². The summed E-state index contributed by atoms with van der Waals surface area (Å²) in [6.45, 7) is 3.39. The van der Waals surface area contributed by atoms with Crippen molar-refractivity contribution in [2.24, 2.45) is 5.73 Å². The Kier molecular flexibility index (Phi) is 8.20. The SMILES string of the molecule is N[C@H]1CCN(C(=O)N2CCN(Cc3ccc(F)cc3)c3ccccc32)C1.O=C(O)/C=C/C(=O)O. The van der Waals surface area contributed by atoms with E-state index in [9.17, 15) is 18.8 Å². The highest BCUT2D eigenvalue weighted by Crippen LogP contribution is 2.34. The zero-order valence-corrected chi connectivity index (χ0v) is 18.5. The number of benzene rings is 2. The van der Waals surface area contributed by atoms with Gasteiger partial charge < -0.3 is 25.7 Å². The molecule has 0 bridgehead atoms. The highest BCUT2D eigenvalue weighted by Gasteiger charge is 2.32. The van der Waals surface area contributed by atoms with Crippen LogP contribution in [0.25, 0.3) is 0 Å². The van der Waals surface area contributed by atoms with Crippen molar-refractivity contribution in [3.05, 3.63) is 72.1 Å². The fourth-order valence-electron chi connectivity index (χ4n) is 3.87. The Balaban J connectivity index is 0.000000350. The third-order valence-electron chi connectivity index (χ3n) is 5.49. The van der Waals surface area contributed by atoms with Crippen LogP contribution in [0.2, 0.25) is 0 Å².